The van der Waals surface area contributed by atoms with Crippen molar-refractivity contribution in [3.63, 3.8) is 0 Å². The lowest BCUT2D eigenvalue weighted by atomic mass is 10.1. The van der Waals surface area contributed by atoms with Crippen LogP contribution in [0.1, 0.15) is 11.1 Å². The van der Waals surface area contributed by atoms with Crippen molar-refractivity contribution in [2.45, 2.75) is 6.92 Å². The zero-order valence-electron chi connectivity index (χ0n) is 11.2. The molecular weight excluding hydrogens is 246 g/mol. The van der Waals surface area contributed by atoms with Crippen molar-refractivity contribution >= 4 is 22.7 Å². The second-order valence-corrected chi connectivity index (χ2v) is 4.80. The molecule has 2 nitrogen and oxygen atoms in total. The molecule has 0 aliphatic carbocycles. The molecule has 20 heavy (non-hydrogen) atoms. The van der Waals surface area contributed by atoms with E-state index in [0.717, 1.165) is 22.2 Å². The van der Waals surface area contributed by atoms with Gasteiger partial charge in [-0.05, 0) is 41.5 Å². The van der Waals surface area contributed by atoms with E-state index in [1.807, 2.05) is 49.4 Å². The van der Waals surface area contributed by atoms with Crippen molar-refractivity contribution in [3.05, 3.63) is 71.8 Å². The standard InChI is InChI=1S/C18H15NO/c1-13-5-4-8-16(18(13)20)12-19-17-10-9-14-6-2-3-7-15(14)11-17/h2-12,20H,1H3. The first-order valence-corrected chi connectivity index (χ1v) is 6.55. The highest BCUT2D eigenvalue weighted by Gasteiger charge is 2.00. The molecule has 0 atom stereocenters. The monoisotopic (exact) mass is 261 g/mol. The Kier molecular flexibility index (Phi) is 3.21. The molecule has 0 unspecified atom stereocenters. The summed E-state index contributed by atoms with van der Waals surface area (Å²) in [5.41, 5.74) is 2.47. The largest absolute Gasteiger partial charge is 0.507 e. The molecule has 0 heterocycles. The number of fused-ring (bicyclic) bond motifs is 1. The Morgan fingerprint density at radius 2 is 1.70 bits per heavy atom. The van der Waals surface area contributed by atoms with E-state index in [-0.39, 0.29) is 5.75 Å². The third-order valence-corrected chi connectivity index (χ3v) is 3.35. The van der Waals surface area contributed by atoms with Gasteiger partial charge >= 0.3 is 0 Å². The van der Waals surface area contributed by atoms with E-state index in [1.165, 1.54) is 5.39 Å². The van der Waals surface area contributed by atoms with Crippen LogP contribution >= 0.6 is 0 Å². The van der Waals surface area contributed by atoms with Gasteiger partial charge in [0.25, 0.3) is 0 Å². The Bertz CT molecular complexity index is 790. The Labute approximate surface area is 118 Å². The lowest BCUT2D eigenvalue weighted by Gasteiger charge is -2.02. The highest BCUT2D eigenvalue weighted by molar-refractivity contribution is 5.89. The summed E-state index contributed by atoms with van der Waals surface area (Å²) >= 11 is 0. The van der Waals surface area contributed by atoms with Gasteiger partial charge in [-0.2, -0.15) is 0 Å². The summed E-state index contributed by atoms with van der Waals surface area (Å²) in [4.78, 5) is 4.44. The lowest BCUT2D eigenvalue weighted by Crippen LogP contribution is -1.84. The second-order valence-electron chi connectivity index (χ2n) is 4.80. The number of benzene rings is 3. The highest BCUT2D eigenvalue weighted by Crippen LogP contribution is 2.23. The molecular formula is C18H15NO. The summed E-state index contributed by atoms with van der Waals surface area (Å²) in [6.45, 7) is 1.88. The van der Waals surface area contributed by atoms with E-state index in [0.29, 0.717) is 0 Å². The first-order valence-electron chi connectivity index (χ1n) is 6.55. The summed E-state index contributed by atoms with van der Waals surface area (Å²) in [7, 11) is 0. The van der Waals surface area contributed by atoms with Gasteiger partial charge in [-0.15, -0.1) is 0 Å². The highest BCUT2D eigenvalue weighted by atomic mass is 16.3. The molecule has 0 aliphatic heterocycles. The summed E-state index contributed by atoms with van der Waals surface area (Å²) in [6, 6.07) is 19.9. The van der Waals surface area contributed by atoms with Gasteiger partial charge < -0.3 is 5.11 Å². The van der Waals surface area contributed by atoms with Crippen LogP contribution in [0.2, 0.25) is 0 Å². The van der Waals surface area contributed by atoms with Crippen LogP contribution in [0.25, 0.3) is 10.8 Å². The Hall–Kier alpha value is -2.61. The Morgan fingerprint density at radius 3 is 2.55 bits per heavy atom. The number of rotatable bonds is 2. The molecule has 0 saturated carbocycles. The molecule has 3 aromatic carbocycles. The molecule has 0 radical (unpaired) electrons. The average molecular weight is 261 g/mol. The molecule has 0 aliphatic rings. The van der Waals surface area contributed by atoms with Crippen molar-refractivity contribution in [3.8, 4) is 5.75 Å². The Balaban J connectivity index is 1.96. The van der Waals surface area contributed by atoms with E-state index < -0.39 is 0 Å². The fourth-order valence-electron chi connectivity index (χ4n) is 2.19. The average Bonchev–Trinajstić information content (AvgIpc) is 2.48. The first kappa shape index (κ1) is 12.4. The van der Waals surface area contributed by atoms with Crippen molar-refractivity contribution in [1.82, 2.24) is 0 Å². The van der Waals surface area contributed by atoms with Crippen molar-refractivity contribution in [2.24, 2.45) is 4.99 Å². The zero-order valence-corrected chi connectivity index (χ0v) is 11.2. The smallest absolute Gasteiger partial charge is 0.127 e. The minimum atomic E-state index is 0.289. The number of aryl methyl sites for hydroxylation is 1. The third-order valence-electron chi connectivity index (χ3n) is 3.35. The van der Waals surface area contributed by atoms with Crippen LogP contribution in [-0.4, -0.2) is 11.3 Å². The van der Waals surface area contributed by atoms with Crippen LogP contribution in [0.5, 0.6) is 5.75 Å². The number of nitrogens with zero attached hydrogens (tertiary/aromatic N) is 1. The summed E-state index contributed by atoms with van der Waals surface area (Å²) in [5.74, 6) is 0.289. The van der Waals surface area contributed by atoms with Crippen LogP contribution in [0.15, 0.2) is 65.7 Å². The maximum Gasteiger partial charge on any atom is 0.127 e. The van der Waals surface area contributed by atoms with E-state index in [1.54, 1.807) is 6.21 Å². The van der Waals surface area contributed by atoms with E-state index in [9.17, 15) is 5.11 Å². The van der Waals surface area contributed by atoms with Gasteiger partial charge in [0.15, 0.2) is 0 Å². The number of aromatic hydroxyl groups is 1. The predicted molar refractivity (Wildman–Crippen MR) is 84.0 cm³/mol. The van der Waals surface area contributed by atoms with Gasteiger partial charge in [0.2, 0.25) is 0 Å². The molecule has 0 spiro atoms. The van der Waals surface area contributed by atoms with Gasteiger partial charge in [0.05, 0.1) is 5.69 Å². The summed E-state index contributed by atoms with van der Waals surface area (Å²) in [6.07, 6.45) is 1.70. The lowest BCUT2D eigenvalue weighted by molar-refractivity contribution is 0.470. The van der Waals surface area contributed by atoms with Gasteiger partial charge in [0, 0.05) is 11.8 Å². The molecule has 0 bridgehead atoms. The van der Waals surface area contributed by atoms with E-state index in [4.69, 9.17) is 0 Å². The molecule has 0 fully saturated rings. The molecule has 1 N–H and O–H groups in total. The number of para-hydroxylation sites is 1. The first-order chi connectivity index (χ1) is 9.74. The van der Waals surface area contributed by atoms with Crippen LogP contribution in [-0.2, 0) is 0 Å². The number of hydrogen-bond acceptors (Lipinski definition) is 2. The molecule has 0 amide bonds. The van der Waals surface area contributed by atoms with Crippen LogP contribution in [0.3, 0.4) is 0 Å². The molecule has 3 aromatic rings. The number of aliphatic imine (C=N–C) groups is 1. The predicted octanol–water partition coefficient (Wildman–Crippen LogP) is 4.60. The fourth-order valence-corrected chi connectivity index (χ4v) is 2.19. The van der Waals surface area contributed by atoms with Crippen molar-refractivity contribution < 1.29 is 5.11 Å². The van der Waals surface area contributed by atoms with E-state index >= 15 is 0 Å². The van der Waals surface area contributed by atoms with Crippen LogP contribution < -0.4 is 0 Å². The molecule has 3 rings (SSSR count). The van der Waals surface area contributed by atoms with E-state index in [2.05, 4.69) is 23.2 Å². The van der Waals surface area contributed by atoms with Crippen LogP contribution in [0, 0.1) is 6.92 Å². The fraction of sp³-hybridized carbons (Fsp3) is 0.0556. The molecule has 2 heteroatoms. The van der Waals surface area contributed by atoms with Crippen molar-refractivity contribution in [2.75, 3.05) is 0 Å². The summed E-state index contributed by atoms with van der Waals surface area (Å²) in [5, 5.41) is 12.3. The molecule has 98 valence electrons. The number of hydrogen-bond donors (Lipinski definition) is 1. The third kappa shape index (κ3) is 2.41. The topological polar surface area (TPSA) is 32.6 Å². The van der Waals surface area contributed by atoms with Gasteiger partial charge in [-0.1, -0.05) is 42.5 Å². The van der Waals surface area contributed by atoms with Crippen LogP contribution in [0.4, 0.5) is 5.69 Å². The molecule has 0 saturated heterocycles. The maximum absolute atomic E-state index is 9.96. The second kappa shape index (κ2) is 5.17. The molecule has 0 aromatic heterocycles. The maximum atomic E-state index is 9.96. The quantitative estimate of drug-likeness (QED) is 0.671. The Morgan fingerprint density at radius 1 is 0.900 bits per heavy atom. The number of phenols is 1. The van der Waals surface area contributed by atoms with Crippen molar-refractivity contribution in [1.29, 1.82) is 0 Å². The van der Waals surface area contributed by atoms with Gasteiger partial charge in [-0.25, -0.2) is 0 Å². The van der Waals surface area contributed by atoms with Gasteiger partial charge in [0.1, 0.15) is 5.75 Å². The SMILES string of the molecule is Cc1cccc(C=Nc2ccc3ccccc3c2)c1O. The minimum Gasteiger partial charge on any atom is -0.507 e. The minimum absolute atomic E-state index is 0.289. The normalized spacial score (nSPS) is 11.2. The van der Waals surface area contributed by atoms with Gasteiger partial charge in [-0.3, -0.25) is 4.99 Å². The number of phenolic OH excluding ortho intramolecular Hbond substituents is 1. The summed E-state index contributed by atoms with van der Waals surface area (Å²) < 4.78 is 0. The zero-order chi connectivity index (χ0) is 13.9.